The molecule has 0 saturated carbocycles. The van der Waals surface area contributed by atoms with Gasteiger partial charge in [0.05, 0.1) is 6.04 Å². The fourth-order valence-corrected chi connectivity index (χ4v) is 2.70. The molecule has 16 heteroatoms. The molecule has 198 valence electrons. The Morgan fingerprint density at radius 2 is 1.31 bits per heavy atom. The van der Waals surface area contributed by atoms with Gasteiger partial charge in [0, 0.05) is 19.4 Å². The number of rotatable bonds is 17. The number of carboxylic acids is 1. The predicted molar refractivity (Wildman–Crippen MR) is 124 cm³/mol. The molecule has 0 aromatic heterocycles. The van der Waals surface area contributed by atoms with Crippen LogP contribution in [0.5, 0.6) is 0 Å². The van der Waals surface area contributed by atoms with Gasteiger partial charge in [0.1, 0.15) is 18.1 Å². The van der Waals surface area contributed by atoms with Gasteiger partial charge in [0.25, 0.3) is 0 Å². The van der Waals surface area contributed by atoms with Gasteiger partial charge in [-0.15, -0.1) is 0 Å². The van der Waals surface area contributed by atoms with E-state index < -0.39 is 59.7 Å². The molecule has 4 atom stereocenters. The average molecular weight is 502 g/mol. The van der Waals surface area contributed by atoms with E-state index in [0.717, 1.165) is 0 Å². The normalized spacial score (nSPS) is 13.9. The maximum atomic E-state index is 12.7. The van der Waals surface area contributed by atoms with Gasteiger partial charge in [-0.1, -0.05) is 0 Å². The Morgan fingerprint density at radius 1 is 0.771 bits per heavy atom. The first-order valence-electron chi connectivity index (χ1n) is 10.8. The van der Waals surface area contributed by atoms with Gasteiger partial charge in [-0.05, 0) is 32.6 Å². The van der Waals surface area contributed by atoms with Gasteiger partial charge in [0.2, 0.25) is 29.5 Å². The first kappa shape index (κ1) is 31.0. The molecule has 0 aliphatic rings. The molecule has 0 radical (unpaired) electrons. The number of aliphatic carboxylic acids is 1. The van der Waals surface area contributed by atoms with Gasteiger partial charge >= 0.3 is 5.97 Å². The molecular formula is C19H35N9O7. The topological polar surface area (TPSA) is 301 Å². The van der Waals surface area contributed by atoms with Crippen molar-refractivity contribution in [2.75, 3.05) is 6.54 Å². The van der Waals surface area contributed by atoms with E-state index in [2.05, 4.69) is 20.9 Å². The number of carbonyl (C=O) groups is 6. The standard InChI is InChI=1S/C19H35N9O7/c1-9(15(31)28-12(18(34)35)3-2-8-25-19(23)24)26-17(33)11(5-7-14(22)30)27-16(32)10(20)4-6-13(21)29/h9-12H,2-8,20H2,1H3,(H2,21,29)(H2,22,30)(H,26,33)(H,27,32)(H,28,31)(H,34,35)(H4,23,24,25). The largest absolute Gasteiger partial charge is 0.480 e. The number of hydrogen-bond donors (Lipinski definition) is 9. The third-order valence-electron chi connectivity index (χ3n) is 4.66. The lowest BCUT2D eigenvalue weighted by atomic mass is 10.1. The van der Waals surface area contributed by atoms with Crippen LogP contribution in [0.25, 0.3) is 0 Å². The van der Waals surface area contributed by atoms with Crippen molar-refractivity contribution >= 4 is 41.5 Å². The highest BCUT2D eigenvalue weighted by Crippen LogP contribution is 2.03. The van der Waals surface area contributed by atoms with Crippen LogP contribution >= 0.6 is 0 Å². The quantitative estimate of drug-likeness (QED) is 0.0522. The number of nitrogens with one attached hydrogen (secondary N) is 3. The van der Waals surface area contributed by atoms with E-state index in [-0.39, 0.29) is 51.0 Å². The maximum Gasteiger partial charge on any atom is 0.326 e. The number of nitrogens with zero attached hydrogens (tertiary/aromatic N) is 1. The van der Waals surface area contributed by atoms with Crippen molar-refractivity contribution in [2.24, 2.45) is 33.7 Å². The summed E-state index contributed by atoms with van der Waals surface area (Å²) in [4.78, 5) is 74.5. The second-order valence-corrected chi connectivity index (χ2v) is 7.76. The molecule has 35 heavy (non-hydrogen) atoms. The highest BCUT2D eigenvalue weighted by atomic mass is 16.4. The number of guanidine groups is 1. The summed E-state index contributed by atoms with van der Waals surface area (Å²) in [5, 5.41) is 16.3. The zero-order valence-corrected chi connectivity index (χ0v) is 19.5. The zero-order valence-electron chi connectivity index (χ0n) is 19.5. The number of amides is 5. The van der Waals surface area contributed by atoms with Crippen LogP contribution in [-0.4, -0.2) is 77.3 Å². The van der Waals surface area contributed by atoms with Crippen molar-refractivity contribution in [1.82, 2.24) is 16.0 Å². The molecule has 0 aliphatic carbocycles. The molecule has 0 heterocycles. The van der Waals surface area contributed by atoms with Crippen LogP contribution < -0.4 is 44.6 Å². The number of carboxylic acid groups (broad SMARTS) is 1. The number of primary amides is 2. The van der Waals surface area contributed by atoms with Crippen LogP contribution in [0.2, 0.25) is 0 Å². The third kappa shape index (κ3) is 14.0. The summed E-state index contributed by atoms with van der Waals surface area (Å²) in [5.74, 6) is -5.24. The molecule has 0 spiro atoms. The van der Waals surface area contributed by atoms with Crippen LogP contribution in [0.4, 0.5) is 0 Å². The van der Waals surface area contributed by atoms with Crippen molar-refractivity contribution in [1.29, 1.82) is 0 Å². The van der Waals surface area contributed by atoms with Crippen LogP contribution in [0.15, 0.2) is 4.99 Å². The van der Waals surface area contributed by atoms with Gasteiger partial charge in [-0.2, -0.15) is 0 Å². The molecule has 0 rings (SSSR count). The van der Waals surface area contributed by atoms with Crippen LogP contribution in [0, 0.1) is 0 Å². The minimum absolute atomic E-state index is 0.0268. The summed E-state index contributed by atoms with van der Waals surface area (Å²) in [5.41, 5.74) is 26.2. The summed E-state index contributed by atoms with van der Waals surface area (Å²) < 4.78 is 0. The molecule has 16 nitrogen and oxygen atoms in total. The molecule has 14 N–H and O–H groups in total. The molecule has 5 amide bonds. The van der Waals surface area contributed by atoms with Gasteiger partial charge < -0.3 is 49.7 Å². The third-order valence-corrected chi connectivity index (χ3v) is 4.66. The Balaban J connectivity index is 5.09. The number of carbonyl (C=O) groups excluding carboxylic acids is 5. The van der Waals surface area contributed by atoms with E-state index in [4.69, 9.17) is 28.7 Å². The van der Waals surface area contributed by atoms with Crippen molar-refractivity contribution in [2.45, 2.75) is 69.6 Å². The number of aliphatic imine (C=N–C) groups is 1. The fraction of sp³-hybridized carbons (Fsp3) is 0.632. The van der Waals surface area contributed by atoms with Crippen LogP contribution in [-0.2, 0) is 28.8 Å². The Bertz CT molecular complexity index is 814. The van der Waals surface area contributed by atoms with Gasteiger partial charge in [-0.3, -0.25) is 29.0 Å². The molecular weight excluding hydrogens is 466 g/mol. The number of nitrogens with two attached hydrogens (primary N) is 5. The molecule has 0 aliphatic heterocycles. The molecule has 4 unspecified atom stereocenters. The molecule has 0 aromatic rings. The van der Waals surface area contributed by atoms with E-state index in [1.807, 2.05) is 0 Å². The Morgan fingerprint density at radius 3 is 1.83 bits per heavy atom. The number of hydrogen-bond acceptors (Lipinski definition) is 8. The summed E-state index contributed by atoms with van der Waals surface area (Å²) in [6.45, 7) is 1.47. The molecule has 0 fully saturated rings. The van der Waals surface area contributed by atoms with Crippen LogP contribution in [0.1, 0.15) is 45.4 Å². The summed E-state index contributed by atoms with van der Waals surface area (Å²) in [6.07, 6.45) is -0.366. The molecule has 0 bridgehead atoms. The van der Waals surface area contributed by atoms with Gasteiger partial charge in [0.15, 0.2) is 5.96 Å². The predicted octanol–water partition coefficient (Wildman–Crippen LogP) is -4.54. The minimum Gasteiger partial charge on any atom is -0.480 e. The highest BCUT2D eigenvalue weighted by molar-refractivity contribution is 5.94. The fourth-order valence-electron chi connectivity index (χ4n) is 2.70. The van der Waals surface area contributed by atoms with E-state index in [0.29, 0.717) is 0 Å². The lowest BCUT2D eigenvalue weighted by molar-refractivity contribution is -0.142. The molecule has 0 saturated heterocycles. The first-order valence-corrected chi connectivity index (χ1v) is 10.8. The SMILES string of the molecule is CC(NC(=O)C(CCC(N)=O)NC(=O)C(N)CCC(N)=O)C(=O)NC(CCCN=C(N)N)C(=O)O. The monoisotopic (exact) mass is 501 g/mol. The minimum atomic E-state index is -1.29. The van der Waals surface area contributed by atoms with Crippen molar-refractivity contribution in [3.63, 3.8) is 0 Å². The summed E-state index contributed by atoms with van der Waals surface area (Å²) >= 11 is 0. The van der Waals surface area contributed by atoms with E-state index in [1.165, 1.54) is 6.92 Å². The smallest absolute Gasteiger partial charge is 0.326 e. The Hall–Kier alpha value is -3.95. The first-order chi connectivity index (χ1) is 16.2. The average Bonchev–Trinajstić information content (AvgIpc) is 2.75. The summed E-state index contributed by atoms with van der Waals surface area (Å²) in [7, 11) is 0. The lowest BCUT2D eigenvalue weighted by Crippen LogP contribution is -2.56. The lowest BCUT2D eigenvalue weighted by Gasteiger charge is -2.23. The zero-order chi connectivity index (χ0) is 27.1. The van der Waals surface area contributed by atoms with Crippen molar-refractivity contribution in [3.8, 4) is 0 Å². The second-order valence-electron chi connectivity index (χ2n) is 7.76. The van der Waals surface area contributed by atoms with E-state index in [9.17, 15) is 33.9 Å². The maximum absolute atomic E-state index is 12.7. The Labute approximate surface area is 201 Å². The Kier molecular flexibility index (Phi) is 14.0. The van der Waals surface area contributed by atoms with Crippen LogP contribution in [0.3, 0.4) is 0 Å². The molecule has 0 aromatic carbocycles. The van der Waals surface area contributed by atoms with Crippen molar-refractivity contribution < 1.29 is 33.9 Å². The van der Waals surface area contributed by atoms with E-state index >= 15 is 0 Å². The second kappa shape index (κ2) is 15.8. The van der Waals surface area contributed by atoms with Gasteiger partial charge in [-0.25, -0.2) is 4.79 Å². The van der Waals surface area contributed by atoms with E-state index in [1.54, 1.807) is 0 Å². The van der Waals surface area contributed by atoms with Crippen molar-refractivity contribution in [3.05, 3.63) is 0 Å². The highest BCUT2D eigenvalue weighted by Gasteiger charge is 2.28. The summed E-state index contributed by atoms with van der Waals surface area (Å²) in [6, 6.07) is -4.88.